The summed E-state index contributed by atoms with van der Waals surface area (Å²) >= 11 is 0. The van der Waals surface area contributed by atoms with Gasteiger partial charge in [0, 0.05) is 35.9 Å². The predicted octanol–water partition coefficient (Wildman–Crippen LogP) is 6.49. The van der Waals surface area contributed by atoms with Crippen LogP contribution < -0.4 is 5.32 Å². The van der Waals surface area contributed by atoms with Gasteiger partial charge in [-0.3, -0.25) is 4.98 Å². The van der Waals surface area contributed by atoms with Gasteiger partial charge >= 0.3 is 6.18 Å². The van der Waals surface area contributed by atoms with E-state index in [0.717, 1.165) is 41.2 Å². The van der Waals surface area contributed by atoms with Gasteiger partial charge in [0.25, 0.3) is 0 Å². The van der Waals surface area contributed by atoms with Crippen LogP contribution in [0, 0.1) is 6.92 Å². The highest BCUT2D eigenvalue weighted by atomic mass is 19.4. The van der Waals surface area contributed by atoms with Crippen LogP contribution in [-0.4, -0.2) is 21.4 Å². The molecule has 8 heteroatoms. The molecule has 2 aromatic carbocycles. The number of anilines is 2. The number of benzene rings is 2. The number of nitrogens with zero attached hydrogens (tertiary/aromatic N) is 3. The fraction of sp³-hybridized carbons (Fsp3) is 0.231. The molecule has 5 nitrogen and oxygen atoms in total. The Morgan fingerprint density at radius 2 is 1.79 bits per heavy atom. The molecule has 176 valence electrons. The van der Waals surface area contributed by atoms with Crippen molar-refractivity contribution in [3.63, 3.8) is 0 Å². The Morgan fingerprint density at radius 3 is 2.56 bits per heavy atom. The minimum atomic E-state index is -4.41. The zero-order valence-electron chi connectivity index (χ0n) is 18.7. The molecule has 1 N–H and O–H groups in total. The van der Waals surface area contributed by atoms with Crippen LogP contribution in [0.4, 0.5) is 24.7 Å². The lowest BCUT2D eigenvalue weighted by Crippen LogP contribution is -2.06. The highest BCUT2D eigenvalue weighted by Gasteiger charge is 2.30. The topological polar surface area (TPSA) is 52.0 Å². The maximum absolute atomic E-state index is 13.1. The first-order chi connectivity index (χ1) is 16.4. The van der Waals surface area contributed by atoms with Crippen LogP contribution in [0.2, 0.25) is 0 Å². The van der Waals surface area contributed by atoms with Gasteiger partial charge in [-0.2, -0.15) is 13.2 Å². The largest absolute Gasteiger partial charge is 0.416 e. The number of nitrogens with one attached hydrogen (secondary N) is 1. The first-order valence-electron chi connectivity index (χ1n) is 11.0. The number of hydrogen-bond acceptors (Lipinski definition) is 4. The van der Waals surface area contributed by atoms with E-state index in [1.807, 2.05) is 55.5 Å². The summed E-state index contributed by atoms with van der Waals surface area (Å²) in [6.45, 7) is 3.02. The van der Waals surface area contributed by atoms with Crippen LogP contribution in [0.1, 0.15) is 28.9 Å². The maximum Gasteiger partial charge on any atom is 0.416 e. The van der Waals surface area contributed by atoms with Crippen molar-refractivity contribution in [3.8, 4) is 5.69 Å². The lowest BCUT2D eigenvalue weighted by Gasteiger charge is -2.09. The first kappa shape index (κ1) is 23.5. The Bertz CT molecular complexity index is 1220. The Kier molecular flexibility index (Phi) is 7.27. The van der Waals surface area contributed by atoms with Crippen LogP contribution in [0.15, 0.2) is 79.0 Å². The van der Waals surface area contributed by atoms with E-state index in [4.69, 9.17) is 4.74 Å². The molecular formula is C26H25F3N4O. The smallest absolute Gasteiger partial charge is 0.377 e. The third-order valence-electron chi connectivity index (χ3n) is 5.20. The molecule has 4 aromatic rings. The van der Waals surface area contributed by atoms with Gasteiger partial charge in [0.1, 0.15) is 0 Å². The molecule has 0 fully saturated rings. The molecule has 0 amide bonds. The van der Waals surface area contributed by atoms with Crippen molar-refractivity contribution >= 4 is 11.5 Å². The lowest BCUT2D eigenvalue weighted by atomic mass is 10.2. The molecule has 0 aliphatic heterocycles. The Labute approximate surface area is 196 Å². The summed E-state index contributed by atoms with van der Waals surface area (Å²) in [4.78, 5) is 4.23. The number of aromatic nitrogens is 3. The van der Waals surface area contributed by atoms with E-state index in [1.165, 1.54) is 6.07 Å². The molecule has 0 unspecified atom stereocenters. The molecule has 34 heavy (non-hydrogen) atoms. The van der Waals surface area contributed by atoms with Crippen molar-refractivity contribution in [1.29, 1.82) is 0 Å². The van der Waals surface area contributed by atoms with Crippen molar-refractivity contribution < 1.29 is 17.9 Å². The molecule has 0 radical (unpaired) electrons. The van der Waals surface area contributed by atoms with Gasteiger partial charge in [0.05, 0.1) is 17.9 Å². The van der Waals surface area contributed by atoms with Gasteiger partial charge in [-0.15, -0.1) is 5.10 Å². The van der Waals surface area contributed by atoms with E-state index in [-0.39, 0.29) is 0 Å². The van der Waals surface area contributed by atoms with E-state index in [9.17, 15) is 13.2 Å². The fourth-order valence-corrected chi connectivity index (χ4v) is 3.59. The second-order valence-corrected chi connectivity index (χ2v) is 7.93. The summed E-state index contributed by atoms with van der Waals surface area (Å²) in [5.41, 5.74) is 3.33. The number of rotatable bonds is 9. The summed E-state index contributed by atoms with van der Waals surface area (Å²) in [7, 11) is 0. The number of halogens is 3. The van der Waals surface area contributed by atoms with Crippen LogP contribution in [0.3, 0.4) is 0 Å². The molecule has 4 rings (SSSR count). The van der Waals surface area contributed by atoms with Gasteiger partial charge in [0.15, 0.2) is 5.82 Å². The van der Waals surface area contributed by atoms with Crippen LogP contribution in [0.25, 0.3) is 5.69 Å². The quantitative estimate of drug-likeness (QED) is 0.287. The third kappa shape index (κ3) is 6.23. The SMILES string of the molecule is Cc1cc(-n2nc(Nc3cccc(C(F)(F)F)c3)cc2CCCOCc2ccccc2)ccn1. The molecule has 0 aliphatic rings. The van der Waals surface area contributed by atoms with Crippen molar-refractivity contribution in [1.82, 2.24) is 14.8 Å². The van der Waals surface area contributed by atoms with E-state index < -0.39 is 11.7 Å². The zero-order valence-corrected chi connectivity index (χ0v) is 18.7. The second-order valence-electron chi connectivity index (χ2n) is 7.93. The van der Waals surface area contributed by atoms with Crippen molar-refractivity contribution in [2.24, 2.45) is 0 Å². The van der Waals surface area contributed by atoms with Gasteiger partial charge in [0.2, 0.25) is 0 Å². The highest BCUT2D eigenvalue weighted by molar-refractivity contribution is 5.58. The summed E-state index contributed by atoms with van der Waals surface area (Å²) in [6.07, 6.45) is -1.24. The van der Waals surface area contributed by atoms with Gasteiger partial charge in [-0.1, -0.05) is 36.4 Å². The average Bonchev–Trinajstić information content (AvgIpc) is 3.21. The number of ether oxygens (including phenoxy) is 1. The predicted molar refractivity (Wildman–Crippen MR) is 125 cm³/mol. The third-order valence-corrected chi connectivity index (χ3v) is 5.20. The molecule has 0 aliphatic carbocycles. The Balaban J connectivity index is 1.48. The monoisotopic (exact) mass is 466 g/mol. The Hall–Kier alpha value is -3.65. The van der Waals surface area contributed by atoms with Crippen molar-refractivity contribution in [3.05, 3.63) is 102 Å². The first-order valence-corrected chi connectivity index (χ1v) is 11.0. The number of hydrogen-bond donors (Lipinski definition) is 1. The van der Waals surface area contributed by atoms with Crippen LogP contribution in [-0.2, 0) is 23.9 Å². The maximum atomic E-state index is 13.1. The summed E-state index contributed by atoms with van der Waals surface area (Å²) in [5.74, 6) is 0.467. The average molecular weight is 467 g/mol. The van der Waals surface area contributed by atoms with Crippen molar-refractivity contribution in [2.45, 2.75) is 32.5 Å². The highest BCUT2D eigenvalue weighted by Crippen LogP contribution is 2.31. The minimum absolute atomic E-state index is 0.322. The van der Waals surface area contributed by atoms with E-state index in [2.05, 4.69) is 15.4 Å². The molecule has 0 saturated carbocycles. The fourth-order valence-electron chi connectivity index (χ4n) is 3.59. The lowest BCUT2D eigenvalue weighted by molar-refractivity contribution is -0.137. The summed E-state index contributed by atoms with van der Waals surface area (Å²) in [5, 5.41) is 7.62. The molecule has 0 bridgehead atoms. The second kappa shape index (κ2) is 10.5. The van der Waals surface area contributed by atoms with Gasteiger partial charge in [-0.25, -0.2) is 4.68 Å². The van der Waals surface area contributed by atoms with Gasteiger partial charge < -0.3 is 10.1 Å². The number of alkyl halides is 3. The minimum Gasteiger partial charge on any atom is -0.377 e. The molecular weight excluding hydrogens is 441 g/mol. The molecule has 2 aromatic heterocycles. The zero-order chi connectivity index (χ0) is 24.0. The number of pyridine rings is 1. The Morgan fingerprint density at radius 1 is 0.971 bits per heavy atom. The van der Waals surface area contributed by atoms with E-state index >= 15 is 0 Å². The molecule has 0 spiro atoms. The summed E-state index contributed by atoms with van der Waals surface area (Å²) < 4.78 is 46.8. The van der Waals surface area contributed by atoms with Crippen LogP contribution >= 0.6 is 0 Å². The van der Waals surface area contributed by atoms with Crippen molar-refractivity contribution in [2.75, 3.05) is 11.9 Å². The van der Waals surface area contributed by atoms with Gasteiger partial charge in [-0.05, 0) is 55.7 Å². The molecule has 2 heterocycles. The van der Waals surface area contributed by atoms with E-state index in [1.54, 1.807) is 16.9 Å². The van der Waals surface area contributed by atoms with E-state index in [0.29, 0.717) is 31.1 Å². The molecule has 0 saturated heterocycles. The number of aryl methyl sites for hydroxylation is 2. The normalized spacial score (nSPS) is 11.5. The molecule has 0 atom stereocenters. The van der Waals surface area contributed by atoms with Crippen LogP contribution in [0.5, 0.6) is 0 Å². The standard InChI is InChI=1S/C26H25F3N4O/c1-19-15-24(12-13-30-19)33-23(11-6-14-34-18-20-7-3-2-4-8-20)17-25(32-33)31-22-10-5-9-21(16-22)26(27,28)29/h2-5,7-10,12-13,15-17H,6,11,14,18H2,1H3,(H,31,32). The summed E-state index contributed by atoms with van der Waals surface area (Å²) in [6, 6.07) is 20.7.